The zero-order valence-electron chi connectivity index (χ0n) is 18.3. The molecule has 2 aliphatic heterocycles. The first-order valence-corrected chi connectivity index (χ1v) is 10.5. The second-order valence-electron chi connectivity index (χ2n) is 9.39. The lowest BCUT2D eigenvalue weighted by Crippen LogP contribution is -2.41. The molecule has 28 heavy (non-hydrogen) atoms. The lowest BCUT2D eigenvalue weighted by atomic mass is 9.81. The maximum absolute atomic E-state index is 6.11. The van der Waals surface area contributed by atoms with Crippen LogP contribution in [0.2, 0.25) is 0 Å². The molecule has 0 bridgehead atoms. The molecule has 1 atom stereocenters. The number of hydrogen-bond acceptors (Lipinski definition) is 7. The van der Waals surface area contributed by atoms with Gasteiger partial charge in [-0.3, -0.25) is 0 Å². The molecule has 156 valence electrons. The first kappa shape index (κ1) is 21.5. The van der Waals surface area contributed by atoms with E-state index in [9.17, 15) is 0 Å². The Morgan fingerprint density at radius 3 is 2.36 bits per heavy atom. The number of anilines is 1. The fourth-order valence-corrected chi connectivity index (χ4v) is 3.83. The summed E-state index contributed by atoms with van der Waals surface area (Å²) in [5, 5.41) is 0. The van der Waals surface area contributed by atoms with Crippen LogP contribution in [0.3, 0.4) is 0 Å². The number of rotatable bonds is 7. The highest BCUT2D eigenvalue weighted by Gasteiger charge is 2.52. The summed E-state index contributed by atoms with van der Waals surface area (Å²) in [5.74, 6) is 1.40. The van der Waals surface area contributed by atoms with E-state index >= 15 is 0 Å². The van der Waals surface area contributed by atoms with Gasteiger partial charge >= 0.3 is 7.12 Å². The Kier molecular flexibility index (Phi) is 6.34. The summed E-state index contributed by atoms with van der Waals surface area (Å²) < 4.78 is 12.2. The van der Waals surface area contributed by atoms with Crippen molar-refractivity contribution in [3.05, 3.63) is 12.4 Å². The molecule has 0 aliphatic carbocycles. The fraction of sp³-hybridized carbons (Fsp3) is 0.800. The van der Waals surface area contributed by atoms with Gasteiger partial charge in [0.2, 0.25) is 5.95 Å². The van der Waals surface area contributed by atoms with Gasteiger partial charge in [-0.05, 0) is 60.4 Å². The third-order valence-electron chi connectivity index (χ3n) is 6.33. The second-order valence-corrected chi connectivity index (χ2v) is 9.39. The minimum absolute atomic E-state index is 0.339. The highest BCUT2D eigenvalue weighted by atomic mass is 16.7. The molecule has 2 aliphatic rings. The van der Waals surface area contributed by atoms with Gasteiger partial charge in [0.25, 0.3) is 0 Å². The molecule has 0 radical (unpaired) electrons. The summed E-state index contributed by atoms with van der Waals surface area (Å²) in [4.78, 5) is 14.1. The zero-order valence-corrected chi connectivity index (χ0v) is 18.3. The number of aromatic nitrogens is 2. The van der Waals surface area contributed by atoms with Crippen LogP contribution < -0.4 is 16.1 Å². The molecule has 0 unspecified atom stereocenters. The van der Waals surface area contributed by atoms with E-state index in [1.165, 1.54) is 6.42 Å². The normalized spacial score (nSPS) is 24.3. The Labute approximate surface area is 170 Å². The molecular weight excluding hydrogens is 353 g/mol. The Balaban J connectivity index is 1.67. The Morgan fingerprint density at radius 2 is 1.82 bits per heavy atom. The zero-order chi connectivity index (χ0) is 20.5. The summed E-state index contributed by atoms with van der Waals surface area (Å²) >= 11 is 0. The van der Waals surface area contributed by atoms with Crippen LogP contribution in [0.15, 0.2) is 12.4 Å². The van der Waals surface area contributed by atoms with Crippen LogP contribution in [0.25, 0.3) is 0 Å². The molecule has 0 saturated carbocycles. The van der Waals surface area contributed by atoms with Crippen LogP contribution in [0.4, 0.5) is 5.95 Å². The van der Waals surface area contributed by atoms with Gasteiger partial charge in [-0.15, -0.1) is 0 Å². The molecule has 0 spiro atoms. The van der Waals surface area contributed by atoms with Crippen LogP contribution >= 0.6 is 0 Å². The first-order valence-electron chi connectivity index (χ1n) is 10.5. The molecule has 7 nitrogen and oxygen atoms in total. The van der Waals surface area contributed by atoms with Crippen molar-refractivity contribution < 1.29 is 9.31 Å². The largest absolute Gasteiger partial charge is 0.498 e. The maximum atomic E-state index is 6.11. The first-order chi connectivity index (χ1) is 13.1. The van der Waals surface area contributed by atoms with Crippen LogP contribution in [0.5, 0.6) is 0 Å². The van der Waals surface area contributed by atoms with Crippen molar-refractivity contribution in [3.8, 4) is 0 Å². The SMILES string of the molecule is CC(C)N(C[C@H]1CCN(CCN)C1)c1ncc(B2OC(C)(C)C(C)(C)O2)cn1. The van der Waals surface area contributed by atoms with E-state index in [2.05, 4.69) is 61.3 Å². The average molecular weight is 389 g/mol. The highest BCUT2D eigenvalue weighted by Crippen LogP contribution is 2.36. The molecule has 2 saturated heterocycles. The van der Waals surface area contributed by atoms with E-state index in [1.807, 2.05) is 12.4 Å². The van der Waals surface area contributed by atoms with Gasteiger partial charge in [-0.2, -0.15) is 0 Å². The van der Waals surface area contributed by atoms with Crippen molar-refractivity contribution in [1.82, 2.24) is 14.9 Å². The van der Waals surface area contributed by atoms with Crippen molar-refractivity contribution in [3.63, 3.8) is 0 Å². The van der Waals surface area contributed by atoms with Gasteiger partial charge in [0.1, 0.15) is 0 Å². The third-order valence-corrected chi connectivity index (χ3v) is 6.33. The maximum Gasteiger partial charge on any atom is 0.498 e. The second kappa shape index (κ2) is 8.26. The average Bonchev–Trinajstić information content (AvgIpc) is 3.14. The number of nitrogens with zero attached hydrogens (tertiary/aromatic N) is 4. The summed E-state index contributed by atoms with van der Waals surface area (Å²) in [7, 11) is -0.425. The molecule has 1 aromatic heterocycles. The summed E-state index contributed by atoms with van der Waals surface area (Å²) in [6, 6.07) is 0.339. The minimum Gasteiger partial charge on any atom is -0.399 e. The summed E-state index contributed by atoms with van der Waals surface area (Å²) in [6.45, 7) is 17.5. The molecule has 2 N–H and O–H groups in total. The van der Waals surface area contributed by atoms with Crippen LogP contribution in [0.1, 0.15) is 48.0 Å². The summed E-state index contributed by atoms with van der Waals surface area (Å²) in [5.41, 5.74) is 5.84. The van der Waals surface area contributed by atoms with Gasteiger partial charge in [-0.1, -0.05) is 0 Å². The third kappa shape index (κ3) is 4.51. The van der Waals surface area contributed by atoms with E-state index in [1.54, 1.807) is 0 Å². The highest BCUT2D eigenvalue weighted by molar-refractivity contribution is 6.61. The Hall–Kier alpha value is -1.22. The van der Waals surface area contributed by atoms with E-state index in [0.717, 1.165) is 44.1 Å². The molecule has 1 aromatic rings. The standard InChI is InChI=1S/C20H36BN5O2/c1-15(2)26(14-16-7-9-25(13-16)10-8-22)18-23-11-17(12-24-18)21-27-19(3,4)20(5,6)28-21/h11-12,15-16H,7-10,13-14,22H2,1-6H3/t16-/m0/s1. The quantitative estimate of drug-likeness (QED) is 0.704. The van der Waals surface area contributed by atoms with Crippen molar-refractivity contribution in [2.45, 2.75) is 65.2 Å². The molecule has 8 heteroatoms. The fourth-order valence-electron chi connectivity index (χ4n) is 3.83. The Morgan fingerprint density at radius 1 is 1.21 bits per heavy atom. The van der Waals surface area contributed by atoms with Crippen LogP contribution in [0, 0.1) is 5.92 Å². The van der Waals surface area contributed by atoms with Crippen molar-refractivity contribution in [2.24, 2.45) is 11.7 Å². The molecule has 3 rings (SSSR count). The number of likely N-dealkylation sites (tertiary alicyclic amines) is 1. The van der Waals surface area contributed by atoms with Crippen molar-refractivity contribution in [1.29, 1.82) is 0 Å². The smallest absolute Gasteiger partial charge is 0.399 e. The number of hydrogen-bond donors (Lipinski definition) is 1. The molecule has 0 amide bonds. The van der Waals surface area contributed by atoms with Gasteiger partial charge in [-0.25, -0.2) is 9.97 Å². The molecule has 2 fully saturated rings. The predicted octanol–water partition coefficient (Wildman–Crippen LogP) is 1.27. The van der Waals surface area contributed by atoms with Gasteiger partial charge < -0.3 is 24.8 Å². The van der Waals surface area contributed by atoms with Crippen LogP contribution in [-0.4, -0.2) is 72.0 Å². The monoisotopic (exact) mass is 389 g/mol. The van der Waals surface area contributed by atoms with Crippen LogP contribution in [-0.2, 0) is 9.31 Å². The lowest BCUT2D eigenvalue weighted by Gasteiger charge is -2.32. The van der Waals surface area contributed by atoms with E-state index in [4.69, 9.17) is 15.0 Å². The topological polar surface area (TPSA) is 76.7 Å². The minimum atomic E-state index is -0.425. The van der Waals surface area contributed by atoms with Gasteiger partial charge in [0.15, 0.2) is 0 Å². The van der Waals surface area contributed by atoms with E-state index in [0.29, 0.717) is 12.0 Å². The lowest BCUT2D eigenvalue weighted by molar-refractivity contribution is 0.00578. The molecule has 3 heterocycles. The molecular formula is C20H36BN5O2. The van der Waals surface area contributed by atoms with Gasteiger partial charge in [0.05, 0.1) is 11.2 Å². The Bertz CT molecular complexity index is 637. The van der Waals surface area contributed by atoms with E-state index in [-0.39, 0.29) is 11.2 Å². The summed E-state index contributed by atoms with van der Waals surface area (Å²) in [6.07, 6.45) is 4.89. The number of nitrogens with two attached hydrogens (primary N) is 1. The predicted molar refractivity (Wildman–Crippen MR) is 114 cm³/mol. The van der Waals surface area contributed by atoms with Gasteiger partial charge in [0, 0.05) is 50.1 Å². The van der Waals surface area contributed by atoms with E-state index < -0.39 is 7.12 Å². The van der Waals surface area contributed by atoms with Crippen molar-refractivity contribution in [2.75, 3.05) is 37.6 Å². The molecule has 0 aromatic carbocycles. The van der Waals surface area contributed by atoms with Crippen molar-refractivity contribution >= 4 is 18.5 Å².